The number of aromatic nitrogens is 1. The fourth-order valence-corrected chi connectivity index (χ4v) is 6.01. The van der Waals surface area contributed by atoms with Gasteiger partial charge in [-0.05, 0) is 64.0 Å². The van der Waals surface area contributed by atoms with E-state index in [1.165, 1.54) is 11.3 Å². The van der Waals surface area contributed by atoms with E-state index in [4.69, 9.17) is 9.47 Å². The van der Waals surface area contributed by atoms with Crippen molar-refractivity contribution in [1.82, 2.24) is 4.98 Å². The Morgan fingerprint density at radius 2 is 1.97 bits per heavy atom. The van der Waals surface area contributed by atoms with Gasteiger partial charge >= 0.3 is 5.97 Å². The van der Waals surface area contributed by atoms with Crippen molar-refractivity contribution < 1.29 is 29.3 Å². The molecule has 0 spiro atoms. The van der Waals surface area contributed by atoms with Crippen molar-refractivity contribution >= 4 is 29.2 Å². The van der Waals surface area contributed by atoms with Crippen LogP contribution in [0.3, 0.4) is 0 Å². The lowest BCUT2D eigenvalue weighted by molar-refractivity contribution is -0.165. The number of aliphatic hydroxyl groups is 2. The third-order valence-corrected chi connectivity index (χ3v) is 8.82. The maximum atomic E-state index is 13.4. The van der Waals surface area contributed by atoms with Gasteiger partial charge in [-0.2, -0.15) is 0 Å². The summed E-state index contributed by atoms with van der Waals surface area (Å²) in [6, 6.07) is 0. The summed E-state index contributed by atoms with van der Waals surface area (Å²) in [6.07, 6.45) is 3.38. The average Bonchev–Trinajstić information content (AvgIpc) is 3.13. The summed E-state index contributed by atoms with van der Waals surface area (Å²) in [5, 5.41) is 25.3. The molecule has 2 fully saturated rings. The number of rotatable bonds is 3. The van der Waals surface area contributed by atoms with Crippen LogP contribution >= 0.6 is 11.3 Å². The molecule has 2 N–H and O–H groups in total. The maximum Gasteiger partial charge on any atom is 0.306 e. The zero-order valence-electron chi connectivity index (χ0n) is 22.8. The average molecular weight is 522 g/mol. The third-order valence-electron chi connectivity index (χ3n) is 8.03. The van der Waals surface area contributed by atoms with Gasteiger partial charge in [-0.1, -0.05) is 40.5 Å². The van der Waals surface area contributed by atoms with E-state index in [1.54, 1.807) is 19.9 Å². The number of thiazole rings is 1. The number of nitrogens with zero attached hydrogens (tertiary/aromatic N) is 1. The molecule has 0 aromatic carbocycles. The van der Waals surface area contributed by atoms with Gasteiger partial charge in [0.25, 0.3) is 0 Å². The number of esters is 1. The van der Waals surface area contributed by atoms with Gasteiger partial charge in [0.1, 0.15) is 11.4 Å². The molecular weight excluding hydrogens is 478 g/mol. The zero-order valence-corrected chi connectivity index (χ0v) is 23.6. The number of hydrogen-bond acceptors (Lipinski definition) is 8. The number of hydrogen-bond donors (Lipinski definition) is 2. The van der Waals surface area contributed by atoms with Gasteiger partial charge in [-0.3, -0.25) is 9.59 Å². The lowest BCUT2D eigenvalue weighted by atomic mass is 9.74. The van der Waals surface area contributed by atoms with E-state index in [-0.39, 0.29) is 18.1 Å². The van der Waals surface area contributed by atoms with Gasteiger partial charge in [0.05, 0.1) is 10.7 Å². The van der Waals surface area contributed by atoms with Crippen LogP contribution in [-0.4, -0.2) is 50.5 Å². The lowest BCUT2D eigenvalue weighted by Crippen LogP contribution is -2.47. The summed E-state index contributed by atoms with van der Waals surface area (Å²) in [7, 11) is 0. The number of ketones is 1. The molecule has 202 valence electrons. The molecule has 1 aromatic heterocycles. The van der Waals surface area contributed by atoms with Crippen LogP contribution in [0.15, 0.2) is 11.0 Å². The van der Waals surface area contributed by atoms with Crippen LogP contribution in [0.4, 0.5) is 0 Å². The molecule has 3 heterocycles. The Bertz CT molecular complexity index is 986. The topological polar surface area (TPSA) is 109 Å². The summed E-state index contributed by atoms with van der Waals surface area (Å²) in [5.74, 6) is -1.86. The fourth-order valence-electron chi connectivity index (χ4n) is 5.44. The van der Waals surface area contributed by atoms with Crippen molar-refractivity contribution in [3.05, 3.63) is 21.7 Å². The molecule has 1 aromatic rings. The van der Waals surface area contributed by atoms with Gasteiger partial charge < -0.3 is 19.7 Å². The predicted molar refractivity (Wildman–Crippen MR) is 140 cm³/mol. The number of carbonyl (C=O) groups is 2. The number of carbonyl (C=O) groups excluding carboxylic acids is 2. The smallest absolute Gasteiger partial charge is 0.306 e. The van der Waals surface area contributed by atoms with E-state index in [9.17, 15) is 19.8 Å². The molecule has 6 unspecified atom stereocenters. The van der Waals surface area contributed by atoms with E-state index in [2.05, 4.69) is 11.9 Å². The summed E-state index contributed by atoms with van der Waals surface area (Å²) >= 11 is 1.50. The summed E-state index contributed by atoms with van der Waals surface area (Å²) in [6.45, 7) is 13.4. The molecule has 36 heavy (non-hydrogen) atoms. The van der Waals surface area contributed by atoms with Gasteiger partial charge in [-0.25, -0.2) is 4.98 Å². The fraction of sp³-hybridized carbons (Fsp3) is 0.750. The predicted octanol–water partition coefficient (Wildman–Crippen LogP) is 5.22. The van der Waals surface area contributed by atoms with Gasteiger partial charge in [0, 0.05) is 23.1 Å². The molecule has 8 heteroatoms. The molecule has 0 amide bonds. The molecule has 0 radical (unpaired) electrons. The first-order chi connectivity index (χ1) is 16.7. The van der Waals surface area contributed by atoms with Crippen LogP contribution in [0.1, 0.15) is 97.2 Å². The second-order valence-corrected chi connectivity index (χ2v) is 12.7. The normalized spacial score (nSPS) is 36.8. The SMILES string of the molecule is CCC1CC(C)CCCC2(C)OC2(O)C(O)C(C(C)=Cc2csc(C)n2)OC(=O)CCC(C)(C)C1=O. The Morgan fingerprint density at radius 3 is 2.58 bits per heavy atom. The van der Waals surface area contributed by atoms with Crippen molar-refractivity contribution in [3.63, 3.8) is 0 Å². The number of fused-ring (bicyclic) bond motifs is 1. The van der Waals surface area contributed by atoms with E-state index >= 15 is 0 Å². The van der Waals surface area contributed by atoms with Gasteiger partial charge in [0.15, 0.2) is 12.2 Å². The maximum absolute atomic E-state index is 13.4. The highest BCUT2D eigenvalue weighted by Crippen LogP contribution is 2.53. The molecule has 3 rings (SSSR count). The van der Waals surface area contributed by atoms with E-state index < -0.39 is 35.0 Å². The minimum Gasteiger partial charge on any atom is -0.455 e. The highest BCUT2D eigenvalue weighted by Gasteiger charge is 2.71. The molecule has 2 aliphatic rings. The molecule has 2 aliphatic heterocycles. The van der Waals surface area contributed by atoms with Crippen LogP contribution in [0.5, 0.6) is 0 Å². The zero-order chi connectivity index (χ0) is 26.9. The van der Waals surface area contributed by atoms with Gasteiger partial charge in [-0.15, -0.1) is 11.3 Å². The largest absolute Gasteiger partial charge is 0.455 e. The van der Waals surface area contributed by atoms with Crippen molar-refractivity contribution in [2.75, 3.05) is 0 Å². The van der Waals surface area contributed by atoms with E-state index in [1.807, 2.05) is 33.1 Å². The van der Waals surface area contributed by atoms with Crippen molar-refractivity contribution in [2.24, 2.45) is 17.3 Å². The van der Waals surface area contributed by atoms with Crippen LogP contribution in [0, 0.1) is 24.2 Å². The van der Waals surface area contributed by atoms with Crippen molar-refractivity contribution in [1.29, 1.82) is 0 Å². The second kappa shape index (κ2) is 11.0. The molecule has 0 saturated carbocycles. The summed E-state index contributed by atoms with van der Waals surface area (Å²) in [4.78, 5) is 30.8. The Kier molecular flexibility index (Phi) is 8.86. The summed E-state index contributed by atoms with van der Waals surface area (Å²) < 4.78 is 11.5. The van der Waals surface area contributed by atoms with Crippen molar-refractivity contribution in [2.45, 2.75) is 117 Å². The Morgan fingerprint density at radius 1 is 1.28 bits per heavy atom. The Hall–Kier alpha value is -1.61. The number of ether oxygens (including phenoxy) is 2. The highest BCUT2D eigenvalue weighted by molar-refractivity contribution is 7.09. The Labute approximate surface area is 219 Å². The standard InChI is InChI=1S/C28H43NO6S/c1-8-20-14-17(2)10-9-12-27(7)28(33,35-27)25(32)23(18(3)15-21-16-36-19(4)29-21)34-22(30)11-13-26(5,6)24(20)31/h15-17,20,23,25,32-33H,8-14H2,1-7H3. The molecule has 2 saturated heterocycles. The minimum atomic E-state index is -1.81. The molecule has 0 aliphatic carbocycles. The van der Waals surface area contributed by atoms with Crippen LogP contribution in [0.2, 0.25) is 0 Å². The second-order valence-electron chi connectivity index (χ2n) is 11.7. The molecule has 6 atom stereocenters. The lowest BCUT2D eigenvalue weighted by Gasteiger charge is -2.31. The number of Topliss-reactive ketones (excluding diaryl/α,β-unsaturated/α-hetero) is 1. The monoisotopic (exact) mass is 521 g/mol. The van der Waals surface area contributed by atoms with E-state index in [0.717, 1.165) is 30.7 Å². The van der Waals surface area contributed by atoms with Crippen molar-refractivity contribution in [3.8, 4) is 0 Å². The third kappa shape index (κ3) is 6.26. The minimum absolute atomic E-state index is 0.0353. The molecular formula is C28H43NO6S. The van der Waals surface area contributed by atoms with E-state index in [0.29, 0.717) is 30.0 Å². The molecule has 0 bridgehead atoms. The number of cyclic esters (lactones) is 1. The highest BCUT2D eigenvalue weighted by atomic mass is 32.1. The first-order valence-electron chi connectivity index (χ1n) is 13.2. The number of aliphatic hydroxyl groups excluding tert-OH is 1. The summed E-state index contributed by atoms with van der Waals surface area (Å²) in [5.41, 5.74) is -0.344. The number of epoxide rings is 1. The Balaban J connectivity index is 1.90. The molecule has 7 nitrogen and oxygen atoms in total. The first-order valence-corrected chi connectivity index (χ1v) is 14.0. The van der Waals surface area contributed by atoms with Crippen LogP contribution in [-0.2, 0) is 19.1 Å². The van der Waals surface area contributed by atoms with Gasteiger partial charge in [0.2, 0.25) is 5.79 Å². The number of aryl methyl sites for hydroxylation is 1. The first kappa shape index (κ1) is 29.0. The van der Waals surface area contributed by atoms with Crippen LogP contribution in [0.25, 0.3) is 6.08 Å². The quantitative estimate of drug-likeness (QED) is 0.415. The van der Waals surface area contributed by atoms with Crippen LogP contribution < -0.4 is 0 Å².